The van der Waals surface area contributed by atoms with Crippen molar-refractivity contribution < 1.29 is 14.3 Å². The summed E-state index contributed by atoms with van der Waals surface area (Å²) in [5.74, 6) is -0.428. The molecule has 0 amide bonds. The molecule has 1 rings (SSSR count). The fourth-order valence-electron chi connectivity index (χ4n) is 1.31. The molecule has 5 heteroatoms. The molecule has 1 aromatic heterocycles. The zero-order valence-electron chi connectivity index (χ0n) is 10.2. The van der Waals surface area contributed by atoms with Gasteiger partial charge in [-0.25, -0.2) is 9.78 Å². The summed E-state index contributed by atoms with van der Waals surface area (Å²) < 4.78 is 9.82. The first-order chi connectivity index (χ1) is 8.27. The summed E-state index contributed by atoms with van der Waals surface area (Å²) in [4.78, 5) is 15.2. The number of aromatic nitrogens is 1. The third-order valence-electron chi connectivity index (χ3n) is 2.15. The van der Waals surface area contributed by atoms with Crippen LogP contribution in [0, 0.1) is 0 Å². The first kappa shape index (κ1) is 13.4. The molecule has 0 saturated heterocycles. The highest BCUT2D eigenvalue weighted by atomic mass is 16.5. The fourth-order valence-corrected chi connectivity index (χ4v) is 1.31. The molecule has 0 spiro atoms. The number of nitrogens with zero attached hydrogens (tertiary/aromatic N) is 1. The van der Waals surface area contributed by atoms with E-state index in [1.807, 2.05) is 13.0 Å². The number of methoxy groups -OCH3 is 1. The van der Waals surface area contributed by atoms with Crippen molar-refractivity contribution in [2.24, 2.45) is 0 Å². The zero-order valence-corrected chi connectivity index (χ0v) is 10.2. The van der Waals surface area contributed by atoms with Gasteiger partial charge in [-0.15, -0.1) is 0 Å². The van der Waals surface area contributed by atoms with E-state index in [-0.39, 0.29) is 0 Å². The standard InChI is InChI=1S/C12H18N2O3/c1-3-17-8-4-6-13-10-5-7-14-11(9-10)12(15)16-2/h5,7,9H,3-4,6,8H2,1-2H3,(H,13,14). The van der Waals surface area contributed by atoms with E-state index < -0.39 is 5.97 Å². The van der Waals surface area contributed by atoms with E-state index in [0.717, 1.165) is 31.9 Å². The Labute approximate surface area is 101 Å². The highest BCUT2D eigenvalue weighted by molar-refractivity contribution is 5.88. The van der Waals surface area contributed by atoms with Gasteiger partial charge >= 0.3 is 5.97 Å². The second-order valence-electron chi connectivity index (χ2n) is 3.40. The number of anilines is 1. The van der Waals surface area contributed by atoms with Gasteiger partial charge in [0.2, 0.25) is 0 Å². The van der Waals surface area contributed by atoms with Crippen molar-refractivity contribution >= 4 is 11.7 Å². The Hall–Kier alpha value is -1.62. The lowest BCUT2D eigenvalue weighted by Crippen LogP contribution is -2.08. The number of hydrogen-bond donors (Lipinski definition) is 1. The largest absolute Gasteiger partial charge is 0.464 e. The highest BCUT2D eigenvalue weighted by Gasteiger charge is 2.06. The van der Waals surface area contributed by atoms with Gasteiger partial charge in [-0.05, 0) is 25.5 Å². The molecule has 1 aromatic rings. The number of hydrogen-bond acceptors (Lipinski definition) is 5. The second-order valence-corrected chi connectivity index (χ2v) is 3.40. The van der Waals surface area contributed by atoms with Crippen molar-refractivity contribution in [3.63, 3.8) is 0 Å². The summed E-state index contributed by atoms with van der Waals surface area (Å²) in [6, 6.07) is 3.49. The van der Waals surface area contributed by atoms with Crippen LogP contribution in [-0.2, 0) is 9.47 Å². The van der Waals surface area contributed by atoms with Gasteiger partial charge in [-0.2, -0.15) is 0 Å². The van der Waals surface area contributed by atoms with Crippen molar-refractivity contribution in [3.05, 3.63) is 24.0 Å². The van der Waals surface area contributed by atoms with Gasteiger partial charge in [0.25, 0.3) is 0 Å². The zero-order chi connectivity index (χ0) is 12.5. The van der Waals surface area contributed by atoms with E-state index in [9.17, 15) is 4.79 Å². The van der Waals surface area contributed by atoms with E-state index >= 15 is 0 Å². The predicted molar refractivity (Wildman–Crippen MR) is 65.2 cm³/mol. The summed E-state index contributed by atoms with van der Waals surface area (Å²) in [7, 11) is 1.34. The van der Waals surface area contributed by atoms with Gasteiger partial charge in [-0.1, -0.05) is 0 Å². The molecule has 5 nitrogen and oxygen atoms in total. The quantitative estimate of drug-likeness (QED) is 0.578. The normalized spacial score (nSPS) is 10.0. The van der Waals surface area contributed by atoms with Gasteiger partial charge in [-0.3, -0.25) is 0 Å². The first-order valence-corrected chi connectivity index (χ1v) is 5.64. The first-order valence-electron chi connectivity index (χ1n) is 5.64. The number of carbonyl (C=O) groups excluding carboxylic acids is 1. The molecule has 0 aromatic carbocycles. The van der Waals surface area contributed by atoms with Gasteiger partial charge in [0, 0.05) is 31.6 Å². The number of rotatable bonds is 7. The molecule has 0 radical (unpaired) electrons. The smallest absolute Gasteiger partial charge is 0.356 e. The maximum absolute atomic E-state index is 11.2. The summed E-state index contributed by atoms with van der Waals surface area (Å²) in [6.07, 6.45) is 2.50. The van der Waals surface area contributed by atoms with E-state index in [4.69, 9.17) is 4.74 Å². The van der Waals surface area contributed by atoms with Crippen LogP contribution in [0.25, 0.3) is 0 Å². The average Bonchev–Trinajstić information content (AvgIpc) is 2.38. The molecule has 0 aliphatic rings. The number of ether oxygens (including phenoxy) is 2. The van der Waals surface area contributed by atoms with Crippen LogP contribution in [0.3, 0.4) is 0 Å². The second kappa shape index (κ2) is 7.62. The summed E-state index contributed by atoms with van der Waals surface area (Å²) in [5, 5.41) is 3.20. The number of nitrogens with one attached hydrogen (secondary N) is 1. The molecule has 0 bridgehead atoms. The molecule has 0 saturated carbocycles. The van der Waals surface area contributed by atoms with Gasteiger partial charge in [0.1, 0.15) is 5.69 Å². The molecule has 1 N–H and O–H groups in total. The Morgan fingerprint density at radius 3 is 3.06 bits per heavy atom. The van der Waals surface area contributed by atoms with Crippen molar-refractivity contribution in [2.75, 3.05) is 32.2 Å². The number of esters is 1. The maximum Gasteiger partial charge on any atom is 0.356 e. The molecule has 0 atom stereocenters. The molecule has 0 aliphatic carbocycles. The Balaban J connectivity index is 2.40. The van der Waals surface area contributed by atoms with Crippen LogP contribution in [0.5, 0.6) is 0 Å². The van der Waals surface area contributed by atoms with Crippen LogP contribution in [0.15, 0.2) is 18.3 Å². The molecular weight excluding hydrogens is 220 g/mol. The Morgan fingerprint density at radius 1 is 1.53 bits per heavy atom. The fraction of sp³-hybridized carbons (Fsp3) is 0.500. The van der Waals surface area contributed by atoms with Gasteiger partial charge < -0.3 is 14.8 Å². The summed E-state index contributed by atoms with van der Waals surface area (Å²) in [6.45, 7) is 4.24. The number of carbonyl (C=O) groups is 1. The minimum Gasteiger partial charge on any atom is -0.464 e. The molecule has 0 aliphatic heterocycles. The Morgan fingerprint density at radius 2 is 2.35 bits per heavy atom. The van der Waals surface area contributed by atoms with Crippen molar-refractivity contribution in [1.29, 1.82) is 0 Å². The minimum atomic E-state index is -0.428. The Kier molecular flexibility index (Phi) is 6.03. The van der Waals surface area contributed by atoms with Crippen molar-refractivity contribution in [3.8, 4) is 0 Å². The van der Waals surface area contributed by atoms with Crippen LogP contribution in [0.4, 0.5) is 5.69 Å². The third kappa shape index (κ3) is 4.82. The predicted octanol–water partition coefficient (Wildman–Crippen LogP) is 1.71. The summed E-state index contributed by atoms with van der Waals surface area (Å²) in [5.41, 5.74) is 1.17. The topological polar surface area (TPSA) is 60.5 Å². The van der Waals surface area contributed by atoms with Crippen LogP contribution >= 0.6 is 0 Å². The van der Waals surface area contributed by atoms with E-state index in [2.05, 4.69) is 15.0 Å². The summed E-state index contributed by atoms with van der Waals surface area (Å²) >= 11 is 0. The van der Waals surface area contributed by atoms with Gasteiger partial charge in [0.05, 0.1) is 7.11 Å². The third-order valence-corrected chi connectivity index (χ3v) is 2.15. The number of pyridine rings is 1. The van der Waals surface area contributed by atoms with Crippen LogP contribution in [-0.4, -0.2) is 37.8 Å². The van der Waals surface area contributed by atoms with Crippen LogP contribution in [0.1, 0.15) is 23.8 Å². The molecular formula is C12H18N2O3. The monoisotopic (exact) mass is 238 g/mol. The lowest BCUT2D eigenvalue weighted by molar-refractivity contribution is 0.0594. The van der Waals surface area contributed by atoms with E-state index in [1.54, 1.807) is 12.3 Å². The molecule has 0 unspecified atom stereocenters. The van der Waals surface area contributed by atoms with Crippen LogP contribution in [0.2, 0.25) is 0 Å². The van der Waals surface area contributed by atoms with E-state index in [1.165, 1.54) is 7.11 Å². The molecule has 94 valence electrons. The minimum absolute atomic E-state index is 0.308. The SMILES string of the molecule is CCOCCCNc1ccnc(C(=O)OC)c1. The molecule has 17 heavy (non-hydrogen) atoms. The van der Waals surface area contributed by atoms with E-state index in [0.29, 0.717) is 5.69 Å². The lowest BCUT2D eigenvalue weighted by atomic mass is 10.3. The molecule has 0 fully saturated rings. The lowest BCUT2D eigenvalue weighted by Gasteiger charge is -2.07. The average molecular weight is 238 g/mol. The van der Waals surface area contributed by atoms with Crippen molar-refractivity contribution in [2.45, 2.75) is 13.3 Å². The highest BCUT2D eigenvalue weighted by Crippen LogP contribution is 2.08. The van der Waals surface area contributed by atoms with Crippen molar-refractivity contribution in [1.82, 2.24) is 4.98 Å². The molecule has 1 heterocycles. The van der Waals surface area contributed by atoms with Crippen LogP contribution < -0.4 is 5.32 Å². The Bertz CT molecular complexity index is 355. The maximum atomic E-state index is 11.2. The van der Waals surface area contributed by atoms with Gasteiger partial charge in [0.15, 0.2) is 0 Å².